The quantitative estimate of drug-likeness (QED) is 0.0412. The van der Waals surface area contributed by atoms with E-state index in [1.165, 1.54) is 14.1 Å². The highest BCUT2D eigenvalue weighted by atomic mass is 16.7. The molecule has 10 heteroatoms. The molecule has 0 fully saturated rings. The van der Waals surface area contributed by atoms with Gasteiger partial charge in [-0.15, -0.1) is 0 Å². The molecule has 0 unspecified atom stereocenters. The minimum absolute atomic E-state index is 0.0351. The fourth-order valence-electron chi connectivity index (χ4n) is 7.87. The standard InChI is InChI=1S/C51H44N2O8/c1-5-47(54)58-29-31-60-52(3)49(56)41-27-25-37(33-43(41)35-17-9-7-10-18-35)51(45-23-15-13-21-39(45)40-22-14-16-24-46(40)51)38-26-28-42(44(34-38)36-19-11-8-12-20-36)50(57)53(4)61-32-30-59-48(55)6-2/h5-28,33-34H,1-2,29-32H2,3-4H3. The van der Waals surface area contributed by atoms with Gasteiger partial charge in [-0.2, -0.15) is 0 Å². The zero-order chi connectivity index (χ0) is 42.9. The van der Waals surface area contributed by atoms with E-state index < -0.39 is 17.4 Å². The van der Waals surface area contributed by atoms with Crippen LogP contribution in [0.3, 0.4) is 0 Å². The van der Waals surface area contributed by atoms with Crippen molar-refractivity contribution in [3.8, 4) is 33.4 Å². The summed E-state index contributed by atoms with van der Waals surface area (Å²) in [6.45, 7) is 6.63. The van der Waals surface area contributed by atoms with Crippen molar-refractivity contribution in [2.75, 3.05) is 40.5 Å². The first-order chi connectivity index (χ1) is 29.7. The number of hydrogen-bond acceptors (Lipinski definition) is 8. The fraction of sp³-hybridized carbons (Fsp3) is 0.137. The summed E-state index contributed by atoms with van der Waals surface area (Å²) < 4.78 is 10.1. The number of esters is 2. The molecule has 306 valence electrons. The third-order valence-corrected chi connectivity index (χ3v) is 10.6. The zero-order valence-electron chi connectivity index (χ0n) is 33.9. The molecule has 0 N–H and O–H groups in total. The molecule has 6 aromatic rings. The number of hydroxylamine groups is 4. The summed E-state index contributed by atoms with van der Waals surface area (Å²) in [6.07, 6.45) is 2.13. The van der Waals surface area contributed by atoms with E-state index in [4.69, 9.17) is 19.1 Å². The van der Waals surface area contributed by atoms with Gasteiger partial charge in [0.1, 0.15) is 26.4 Å². The smallest absolute Gasteiger partial charge is 0.330 e. The van der Waals surface area contributed by atoms with Crippen molar-refractivity contribution in [2.45, 2.75) is 5.41 Å². The molecule has 2 amide bonds. The second kappa shape index (κ2) is 18.7. The Balaban J connectivity index is 1.39. The molecule has 7 rings (SSSR count). The van der Waals surface area contributed by atoms with E-state index in [0.29, 0.717) is 22.3 Å². The van der Waals surface area contributed by atoms with Crippen molar-refractivity contribution in [2.24, 2.45) is 0 Å². The van der Waals surface area contributed by atoms with E-state index >= 15 is 0 Å². The van der Waals surface area contributed by atoms with Crippen LogP contribution in [0.4, 0.5) is 0 Å². The first-order valence-electron chi connectivity index (χ1n) is 19.7. The summed E-state index contributed by atoms with van der Waals surface area (Å²) >= 11 is 0. The monoisotopic (exact) mass is 812 g/mol. The molecule has 0 radical (unpaired) electrons. The molecule has 0 bridgehead atoms. The van der Waals surface area contributed by atoms with Crippen molar-refractivity contribution < 1.29 is 38.3 Å². The number of fused-ring (bicyclic) bond motifs is 3. The van der Waals surface area contributed by atoms with E-state index in [1.807, 2.05) is 109 Å². The predicted molar refractivity (Wildman–Crippen MR) is 233 cm³/mol. The number of ether oxygens (including phenoxy) is 2. The lowest BCUT2D eigenvalue weighted by molar-refractivity contribution is -0.148. The second-order valence-electron chi connectivity index (χ2n) is 14.1. The van der Waals surface area contributed by atoms with Gasteiger partial charge in [0.05, 0.1) is 5.41 Å². The molecule has 0 aliphatic heterocycles. The van der Waals surface area contributed by atoms with E-state index in [-0.39, 0.29) is 38.2 Å². The lowest BCUT2D eigenvalue weighted by Gasteiger charge is -2.35. The summed E-state index contributed by atoms with van der Waals surface area (Å²) in [7, 11) is 3.05. The van der Waals surface area contributed by atoms with Crippen LogP contribution in [-0.2, 0) is 34.2 Å². The lowest BCUT2D eigenvalue weighted by atomic mass is 9.66. The summed E-state index contributed by atoms with van der Waals surface area (Å²) in [4.78, 5) is 62.9. The van der Waals surface area contributed by atoms with Crippen molar-refractivity contribution in [1.82, 2.24) is 10.1 Å². The first-order valence-corrected chi connectivity index (χ1v) is 19.7. The summed E-state index contributed by atoms with van der Waals surface area (Å²) in [6, 6.07) is 47.8. The van der Waals surface area contributed by atoms with Crippen LogP contribution in [0.1, 0.15) is 43.0 Å². The molecule has 0 atom stereocenters. The molecule has 0 spiro atoms. The Kier molecular flexibility index (Phi) is 12.8. The molecule has 1 aliphatic rings. The fourth-order valence-corrected chi connectivity index (χ4v) is 7.87. The highest BCUT2D eigenvalue weighted by Gasteiger charge is 2.46. The van der Waals surface area contributed by atoms with Crippen LogP contribution in [0.2, 0.25) is 0 Å². The van der Waals surface area contributed by atoms with Gasteiger partial charge in [-0.05, 0) is 79.9 Å². The van der Waals surface area contributed by atoms with Gasteiger partial charge < -0.3 is 9.47 Å². The number of benzene rings is 6. The van der Waals surface area contributed by atoms with Gasteiger partial charge in [0.2, 0.25) is 0 Å². The number of nitrogens with zero attached hydrogens (tertiary/aromatic N) is 2. The van der Waals surface area contributed by atoms with Crippen LogP contribution < -0.4 is 0 Å². The van der Waals surface area contributed by atoms with E-state index in [1.54, 1.807) is 0 Å². The maximum atomic E-state index is 14.2. The van der Waals surface area contributed by atoms with Gasteiger partial charge in [-0.1, -0.05) is 134 Å². The lowest BCUT2D eigenvalue weighted by Crippen LogP contribution is -2.31. The number of rotatable bonds is 16. The van der Waals surface area contributed by atoms with Crippen LogP contribution in [0, 0.1) is 0 Å². The Bertz CT molecular complexity index is 2420. The van der Waals surface area contributed by atoms with Gasteiger partial charge >= 0.3 is 11.9 Å². The third-order valence-electron chi connectivity index (χ3n) is 10.6. The van der Waals surface area contributed by atoms with Gasteiger partial charge in [-0.25, -0.2) is 19.7 Å². The van der Waals surface area contributed by atoms with E-state index in [2.05, 4.69) is 49.6 Å². The molecule has 0 saturated carbocycles. The highest BCUT2D eigenvalue weighted by Crippen LogP contribution is 2.57. The molecule has 0 aromatic heterocycles. The van der Waals surface area contributed by atoms with Crippen molar-refractivity contribution in [3.63, 3.8) is 0 Å². The van der Waals surface area contributed by atoms with Crippen molar-refractivity contribution in [1.29, 1.82) is 0 Å². The number of carbonyl (C=O) groups excluding carboxylic acids is 4. The molecule has 1 aliphatic carbocycles. The normalized spacial score (nSPS) is 12.0. The van der Waals surface area contributed by atoms with Gasteiger partial charge in [0.15, 0.2) is 0 Å². The van der Waals surface area contributed by atoms with Gasteiger partial charge in [0, 0.05) is 37.4 Å². The Morgan fingerprint density at radius 3 is 1.26 bits per heavy atom. The average Bonchev–Trinajstić information content (AvgIpc) is 3.62. The highest BCUT2D eigenvalue weighted by molar-refractivity contribution is 6.02. The molecule has 10 nitrogen and oxygen atoms in total. The molecular weight excluding hydrogens is 769 g/mol. The Morgan fingerprint density at radius 1 is 0.492 bits per heavy atom. The van der Waals surface area contributed by atoms with Crippen LogP contribution in [-0.4, -0.2) is 74.4 Å². The predicted octanol–water partition coefficient (Wildman–Crippen LogP) is 8.85. The van der Waals surface area contributed by atoms with E-state index in [0.717, 1.165) is 66.8 Å². The number of hydrogen-bond donors (Lipinski definition) is 0. The average molecular weight is 813 g/mol. The van der Waals surface area contributed by atoms with Crippen molar-refractivity contribution >= 4 is 23.8 Å². The third kappa shape index (κ3) is 8.40. The molecule has 6 aromatic carbocycles. The topological polar surface area (TPSA) is 112 Å². The van der Waals surface area contributed by atoms with Crippen LogP contribution in [0.25, 0.3) is 33.4 Å². The Hall–Kier alpha value is -7.40. The summed E-state index contributed by atoms with van der Waals surface area (Å²) in [5.41, 5.74) is 8.91. The van der Waals surface area contributed by atoms with Crippen LogP contribution in [0.15, 0.2) is 171 Å². The second-order valence-corrected chi connectivity index (χ2v) is 14.1. The van der Waals surface area contributed by atoms with Crippen LogP contribution in [0.5, 0.6) is 0 Å². The van der Waals surface area contributed by atoms with Crippen molar-refractivity contribution in [3.05, 3.63) is 204 Å². The molecular formula is C51H44N2O8. The summed E-state index contributed by atoms with van der Waals surface area (Å²) in [5, 5.41) is 2.30. The van der Waals surface area contributed by atoms with E-state index in [9.17, 15) is 19.2 Å². The largest absolute Gasteiger partial charge is 0.460 e. The maximum Gasteiger partial charge on any atom is 0.330 e. The van der Waals surface area contributed by atoms with Gasteiger partial charge in [-0.3, -0.25) is 19.3 Å². The van der Waals surface area contributed by atoms with Crippen LogP contribution >= 0.6 is 0 Å². The van der Waals surface area contributed by atoms with Gasteiger partial charge in [0.25, 0.3) is 11.8 Å². The Labute approximate surface area is 354 Å². The number of carbonyl (C=O) groups is 4. The molecule has 0 heterocycles. The number of amides is 2. The SMILES string of the molecule is C=CC(=O)OCCON(C)C(=O)c1ccc(C2(c3ccc(C(=O)N(C)OCCOC(=O)C=C)c(-c4ccccc4)c3)c3ccccc3-c3ccccc32)cc1-c1ccccc1. The Morgan fingerprint density at radius 2 is 0.869 bits per heavy atom. The summed E-state index contributed by atoms with van der Waals surface area (Å²) in [5.74, 6) is -1.94. The minimum atomic E-state index is -0.918. The minimum Gasteiger partial charge on any atom is -0.460 e. The zero-order valence-corrected chi connectivity index (χ0v) is 33.9. The molecule has 0 saturated heterocycles. The molecule has 61 heavy (non-hydrogen) atoms. The maximum absolute atomic E-state index is 14.2. The first kappa shape index (κ1) is 41.7.